The maximum atomic E-state index is 14.1. The van der Waals surface area contributed by atoms with Gasteiger partial charge in [0.15, 0.2) is 9.75 Å². The second-order valence-corrected chi connectivity index (χ2v) is 12.1. The summed E-state index contributed by atoms with van der Waals surface area (Å²) in [5.74, 6) is -8.07. The quantitative estimate of drug-likeness (QED) is 0.224. The number of halogens is 4. The first-order valence-electron chi connectivity index (χ1n) is 11.7. The number of phenolic OH excluding ortho intramolecular Hbond substituents is 1. The molecule has 1 saturated carbocycles. The summed E-state index contributed by atoms with van der Waals surface area (Å²) in [7, 11) is 0. The van der Waals surface area contributed by atoms with E-state index in [1.54, 1.807) is 18.2 Å². The molecular weight excluding hydrogens is 606 g/mol. The lowest BCUT2D eigenvalue weighted by atomic mass is 9.56. The first-order chi connectivity index (χ1) is 17.9. The first kappa shape index (κ1) is 25.5. The zero-order valence-electron chi connectivity index (χ0n) is 19.3. The highest BCUT2D eigenvalue weighted by Gasteiger charge is 2.76. The Balaban J connectivity index is 1.60. The van der Waals surface area contributed by atoms with Gasteiger partial charge in [0.25, 0.3) is 23.6 Å². The summed E-state index contributed by atoms with van der Waals surface area (Å²) >= 11 is 17.7. The van der Waals surface area contributed by atoms with Crippen molar-refractivity contribution in [2.75, 3.05) is 4.90 Å². The van der Waals surface area contributed by atoms with E-state index in [0.717, 1.165) is 17.0 Å². The number of benzene rings is 2. The van der Waals surface area contributed by atoms with Crippen LogP contribution < -0.4 is 4.90 Å². The molecule has 4 amide bonds. The minimum atomic E-state index is -2.15. The third-order valence-corrected chi connectivity index (χ3v) is 10.1. The summed E-state index contributed by atoms with van der Waals surface area (Å²) < 4.78 is 14.2. The van der Waals surface area contributed by atoms with Crippen LogP contribution in [0.25, 0.3) is 0 Å². The molecule has 2 aromatic carbocycles. The summed E-state index contributed by atoms with van der Waals surface area (Å²) in [5, 5.41) is 21.1. The zero-order chi connectivity index (χ0) is 27.3. The predicted molar refractivity (Wildman–Crippen MR) is 136 cm³/mol. The maximum absolute atomic E-state index is 14.1. The zero-order valence-corrected chi connectivity index (χ0v) is 22.4. The molecule has 6 atom stereocenters. The van der Waals surface area contributed by atoms with Gasteiger partial charge < -0.3 is 5.11 Å². The van der Waals surface area contributed by atoms with Crippen molar-refractivity contribution in [2.45, 2.75) is 28.5 Å². The number of alkyl halides is 2. The molecule has 6 rings (SSSR count). The summed E-state index contributed by atoms with van der Waals surface area (Å²) in [5.41, 5.74) is 0.703. The average molecular weight is 624 g/mol. The molecular formula is C26H18BrCl2FN2O6. The molecule has 0 spiro atoms. The van der Waals surface area contributed by atoms with E-state index in [9.17, 15) is 33.9 Å². The predicted octanol–water partition coefficient (Wildman–Crippen LogP) is 4.25. The summed E-state index contributed by atoms with van der Waals surface area (Å²) in [4.78, 5) is 50.2. The number of nitrogens with zero attached hydrogens (tertiary/aromatic N) is 2. The number of rotatable bonds is 2. The second kappa shape index (κ2) is 8.35. The number of anilines is 1. The number of fused-ring (bicyclic) bond motifs is 4. The highest BCUT2D eigenvalue weighted by atomic mass is 79.9. The summed E-state index contributed by atoms with van der Waals surface area (Å²) in [6, 6.07) is 9.19. The number of imide groups is 2. The van der Waals surface area contributed by atoms with Crippen LogP contribution in [-0.4, -0.2) is 48.8 Å². The third-order valence-electron chi connectivity index (χ3n) is 8.17. The topological polar surface area (TPSA) is 115 Å². The number of hydrogen-bond donors (Lipinski definition) is 2. The Bertz CT molecular complexity index is 1480. The van der Waals surface area contributed by atoms with Gasteiger partial charge in [0, 0.05) is 16.0 Å². The van der Waals surface area contributed by atoms with Gasteiger partial charge in [-0.1, -0.05) is 27.6 Å². The Morgan fingerprint density at radius 2 is 1.66 bits per heavy atom. The Morgan fingerprint density at radius 3 is 2.34 bits per heavy atom. The average Bonchev–Trinajstić information content (AvgIpc) is 3.19. The van der Waals surface area contributed by atoms with Crippen molar-refractivity contribution in [3.05, 3.63) is 70.0 Å². The SMILES string of the molecule is O=C1C2CC=C3C(CC4(Cl)C(=O)N(c5ccc(F)cc5)C(=O)C4(Cl)C3c3cc(Br)ccc3O)C2C(=O)N1O. The van der Waals surface area contributed by atoms with Gasteiger partial charge in [-0.25, -0.2) is 9.29 Å². The van der Waals surface area contributed by atoms with Gasteiger partial charge in [0.05, 0.1) is 17.5 Å². The van der Waals surface area contributed by atoms with Crippen molar-refractivity contribution in [3.63, 3.8) is 0 Å². The number of carbonyl (C=O) groups is 4. The largest absolute Gasteiger partial charge is 0.508 e. The van der Waals surface area contributed by atoms with Crippen LogP contribution >= 0.6 is 39.1 Å². The van der Waals surface area contributed by atoms with Crippen molar-refractivity contribution >= 4 is 68.4 Å². The number of aromatic hydroxyl groups is 1. The molecule has 2 aliphatic carbocycles. The van der Waals surface area contributed by atoms with Crippen LogP contribution in [0.3, 0.4) is 0 Å². The van der Waals surface area contributed by atoms with Crippen molar-refractivity contribution in [2.24, 2.45) is 17.8 Å². The van der Waals surface area contributed by atoms with E-state index in [-0.39, 0.29) is 34.9 Å². The molecule has 2 aromatic rings. The second-order valence-electron chi connectivity index (χ2n) is 9.94. The monoisotopic (exact) mass is 622 g/mol. The molecule has 3 fully saturated rings. The van der Waals surface area contributed by atoms with Crippen molar-refractivity contribution in [3.8, 4) is 5.75 Å². The Morgan fingerprint density at radius 1 is 0.974 bits per heavy atom. The van der Waals surface area contributed by atoms with Crippen LogP contribution in [0, 0.1) is 23.6 Å². The fraction of sp³-hybridized carbons (Fsp3) is 0.308. The highest BCUT2D eigenvalue weighted by Crippen LogP contribution is 2.66. The standard InChI is InChI=1S/C26H18BrCl2FN2O6/c27-11-1-8-18(33)16(9-11)20-14-6-7-15-19(22(35)32(38)21(15)34)17(14)10-25(28)23(36)31(24(37)26(20,25)29)13-4-2-12(30)3-5-13/h1-6,8-9,15,17,19-20,33,38H,7,10H2. The van der Waals surface area contributed by atoms with Crippen LogP contribution in [0.4, 0.5) is 10.1 Å². The molecule has 2 heterocycles. The van der Waals surface area contributed by atoms with Crippen LogP contribution in [-0.2, 0) is 19.2 Å². The van der Waals surface area contributed by atoms with Crippen molar-refractivity contribution in [1.29, 1.82) is 0 Å². The molecule has 196 valence electrons. The minimum absolute atomic E-state index is 0.0524. The lowest BCUT2D eigenvalue weighted by molar-refractivity contribution is -0.173. The fourth-order valence-electron chi connectivity index (χ4n) is 6.48. The van der Waals surface area contributed by atoms with Crippen LogP contribution in [0.15, 0.2) is 58.6 Å². The number of carbonyl (C=O) groups excluding carboxylic acids is 4. The molecule has 2 N–H and O–H groups in total. The molecule has 0 bridgehead atoms. The fourth-order valence-corrected chi connectivity index (χ4v) is 7.79. The van der Waals surface area contributed by atoms with E-state index in [1.165, 1.54) is 18.2 Å². The number of allylic oxidation sites excluding steroid dienone is 2. The van der Waals surface area contributed by atoms with Gasteiger partial charge in [-0.05, 0) is 61.2 Å². The van der Waals surface area contributed by atoms with Crippen molar-refractivity contribution in [1.82, 2.24) is 5.06 Å². The molecule has 12 heteroatoms. The third kappa shape index (κ3) is 3.11. The van der Waals surface area contributed by atoms with Crippen LogP contribution in [0.2, 0.25) is 0 Å². The Hall–Kier alpha value is -2.79. The highest BCUT2D eigenvalue weighted by molar-refractivity contribution is 9.10. The number of amides is 4. The lowest BCUT2D eigenvalue weighted by Crippen LogP contribution is -2.60. The lowest BCUT2D eigenvalue weighted by Gasteiger charge is -2.50. The molecule has 2 saturated heterocycles. The van der Waals surface area contributed by atoms with Gasteiger partial charge in [0.1, 0.15) is 11.6 Å². The number of hydrogen-bond acceptors (Lipinski definition) is 6. The van der Waals surface area contributed by atoms with E-state index >= 15 is 0 Å². The van der Waals surface area contributed by atoms with Gasteiger partial charge in [-0.15, -0.1) is 23.2 Å². The van der Waals surface area contributed by atoms with Crippen LogP contribution in [0.1, 0.15) is 24.3 Å². The number of hydroxylamine groups is 2. The van der Waals surface area contributed by atoms with E-state index in [4.69, 9.17) is 23.2 Å². The maximum Gasteiger partial charge on any atom is 0.258 e. The Kier molecular flexibility index (Phi) is 5.60. The molecule has 4 aliphatic rings. The van der Waals surface area contributed by atoms with E-state index in [1.807, 2.05) is 0 Å². The minimum Gasteiger partial charge on any atom is -0.508 e. The first-order valence-corrected chi connectivity index (χ1v) is 13.2. The smallest absolute Gasteiger partial charge is 0.258 e. The van der Waals surface area contributed by atoms with Crippen LogP contribution in [0.5, 0.6) is 5.75 Å². The van der Waals surface area contributed by atoms with Gasteiger partial charge >= 0.3 is 0 Å². The van der Waals surface area contributed by atoms with E-state index in [2.05, 4.69) is 15.9 Å². The van der Waals surface area contributed by atoms with E-state index < -0.39 is 62.9 Å². The molecule has 38 heavy (non-hydrogen) atoms. The molecule has 6 unspecified atom stereocenters. The molecule has 0 aromatic heterocycles. The van der Waals surface area contributed by atoms with Gasteiger partial charge in [-0.2, -0.15) is 5.06 Å². The molecule has 8 nitrogen and oxygen atoms in total. The molecule has 0 radical (unpaired) electrons. The van der Waals surface area contributed by atoms with E-state index in [0.29, 0.717) is 10.0 Å². The molecule has 2 aliphatic heterocycles. The van der Waals surface area contributed by atoms with Gasteiger partial charge in [0.2, 0.25) is 0 Å². The Labute approximate surface area is 233 Å². The van der Waals surface area contributed by atoms with Gasteiger partial charge in [-0.3, -0.25) is 24.4 Å². The summed E-state index contributed by atoms with van der Waals surface area (Å²) in [6.07, 6.45) is 1.47. The number of phenols is 1. The normalized spacial score (nSPS) is 34.3. The summed E-state index contributed by atoms with van der Waals surface area (Å²) in [6.45, 7) is 0. The van der Waals surface area contributed by atoms with Crippen molar-refractivity contribution < 1.29 is 33.9 Å².